The standard InChI is InChI=1S/C14H17NO4.C8H7ClO2.C6H11NO2.C4H8O2.CH2O3.2Na.H/c16-13(17)12-7-4-8-15(9-12)14(18)19-10-11-5-2-1-3-6-11;9-8(10)11-6-7-4-2-1-3-5-7;8-6(9)5-2-1-3-7-4-5;5-4-2-1-3-6-4;2-1-4-3;;;/h1-3,5-6,12H,4,7-10H2,(H,16,17);1-5H,6H2;5,7H,1-4H2,(H,8,9);4-5H,1-3H2;1,3H;;;/q;;;;;2*+1;-1/p-1/t12-;;5-;;;;;/m0.0...../s1. The van der Waals surface area contributed by atoms with Crippen LogP contribution in [0.1, 0.15) is 51.1 Å². The minimum atomic E-state index is -0.847. The monoisotopic (exact) mass is 758 g/mol. The molecule has 0 aliphatic carbocycles. The first-order chi connectivity index (χ1) is 23.6. The molecule has 0 radical (unpaired) electrons. The van der Waals surface area contributed by atoms with Crippen LogP contribution in [0.25, 0.3) is 0 Å². The molecule has 2 aromatic rings. The average Bonchev–Trinajstić information content (AvgIpc) is 3.62. The second kappa shape index (κ2) is 32.4. The van der Waals surface area contributed by atoms with Crippen LogP contribution in [0.2, 0.25) is 0 Å². The number of carboxylic acid groups (broad SMARTS) is 2. The van der Waals surface area contributed by atoms with Gasteiger partial charge in [0.25, 0.3) is 6.47 Å². The number of aliphatic carboxylic acids is 2. The number of piperidine rings is 2. The van der Waals surface area contributed by atoms with Crippen LogP contribution < -0.4 is 69.7 Å². The zero-order chi connectivity index (χ0) is 36.3. The Labute approximate surface area is 347 Å². The topological polar surface area (TPSA) is 221 Å². The molecule has 1 amide bonds. The van der Waals surface area contributed by atoms with Crippen LogP contribution in [-0.4, -0.2) is 89.2 Å². The molecule has 15 nitrogen and oxygen atoms in total. The van der Waals surface area contributed by atoms with Crippen molar-refractivity contribution < 1.29 is 124 Å². The van der Waals surface area contributed by atoms with E-state index in [0.717, 1.165) is 50.0 Å². The number of carboxylic acids is 2. The van der Waals surface area contributed by atoms with Crippen LogP contribution in [0.5, 0.6) is 0 Å². The molecule has 0 aromatic heterocycles. The van der Waals surface area contributed by atoms with E-state index in [-0.39, 0.29) is 92.7 Å². The third-order valence-corrected chi connectivity index (χ3v) is 7.13. The summed E-state index contributed by atoms with van der Waals surface area (Å²) in [5, 5.41) is 37.4. The Morgan fingerprint density at radius 3 is 1.78 bits per heavy atom. The van der Waals surface area contributed by atoms with Crippen LogP contribution >= 0.6 is 11.6 Å². The molecule has 3 fully saturated rings. The Bertz CT molecular complexity index is 1230. The van der Waals surface area contributed by atoms with Crippen molar-refractivity contribution in [1.82, 2.24) is 10.2 Å². The van der Waals surface area contributed by atoms with Crippen molar-refractivity contribution in [1.29, 1.82) is 0 Å². The van der Waals surface area contributed by atoms with Crippen LogP contribution in [0.15, 0.2) is 60.7 Å². The summed E-state index contributed by atoms with van der Waals surface area (Å²) in [6.07, 6.45) is 4.11. The number of halogens is 1. The van der Waals surface area contributed by atoms with E-state index in [1.54, 1.807) is 0 Å². The molecule has 274 valence electrons. The molecule has 0 saturated carbocycles. The van der Waals surface area contributed by atoms with Crippen molar-refractivity contribution in [3.8, 4) is 0 Å². The summed E-state index contributed by atoms with van der Waals surface area (Å²) < 4.78 is 14.5. The van der Waals surface area contributed by atoms with Gasteiger partial charge in [-0.1, -0.05) is 60.7 Å². The van der Waals surface area contributed by atoms with Gasteiger partial charge in [-0.05, 0) is 49.8 Å². The number of nitrogens with zero attached hydrogens (tertiary/aromatic N) is 1. The summed E-state index contributed by atoms with van der Waals surface area (Å²) in [5.41, 5.74) is 1.08. The van der Waals surface area contributed by atoms with Crippen molar-refractivity contribution in [2.75, 3.05) is 32.8 Å². The Balaban J connectivity index is -0.000000626. The number of benzene rings is 2. The maximum absolute atomic E-state index is 11.9. The van der Waals surface area contributed by atoms with Gasteiger partial charge in [0.15, 0.2) is 6.29 Å². The minimum absolute atomic E-state index is 0. The van der Waals surface area contributed by atoms with E-state index in [1.807, 2.05) is 60.7 Å². The third kappa shape index (κ3) is 26.2. The summed E-state index contributed by atoms with van der Waals surface area (Å²) in [4.78, 5) is 56.0. The molecule has 3 heterocycles. The van der Waals surface area contributed by atoms with Crippen molar-refractivity contribution in [3.63, 3.8) is 0 Å². The van der Waals surface area contributed by atoms with Crippen molar-refractivity contribution in [2.45, 2.75) is 58.0 Å². The van der Waals surface area contributed by atoms with Gasteiger partial charge in [-0.3, -0.25) is 14.4 Å². The molecule has 2 aromatic carbocycles. The molecule has 3 aliphatic heterocycles. The smallest absolute Gasteiger partial charge is 1.00 e. The van der Waals surface area contributed by atoms with E-state index >= 15 is 0 Å². The molecule has 4 N–H and O–H groups in total. The molecule has 0 bridgehead atoms. The predicted octanol–water partition coefficient (Wildman–Crippen LogP) is -2.58. The number of ether oxygens (including phenoxy) is 3. The number of aliphatic hydroxyl groups excluding tert-OH is 1. The minimum Gasteiger partial charge on any atom is -1.00 e. The molecule has 3 saturated heterocycles. The van der Waals surface area contributed by atoms with Crippen LogP contribution in [0.4, 0.5) is 9.59 Å². The summed E-state index contributed by atoms with van der Waals surface area (Å²) in [5.74, 6) is -2.13. The fourth-order valence-corrected chi connectivity index (χ4v) is 4.55. The van der Waals surface area contributed by atoms with Crippen molar-refractivity contribution in [3.05, 3.63) is 71.8 Å². The zero-order valence-corrected chi connectivity index (χ0v) is 33.8. The molecular formula is C33H45ClN2Na2O13. The van der Waals surface area contributed by atoms with Gasteiger partial charge in [0.05, 0.1) is 11.8 Å². The number of nitrogens with one attached hydrogen (secondary N) is 1. The van der Waals surface area contributed by atoms with E-state index in [0.29, 0.717) is 25.9 Å². The van der Waals surface area contributed by atoms with Gasteiger partial charge in [-0.15, -0.1) is 0 Å². The Morgan fingerprint density at radius 2 is 1.41 bits per heavy atom. The molecule has 51 heavy (non-hydrogen) atoms. The van der Waals surface area contributed by atoms with Gasteiger partial charge in [-0.25, -0.2) is 9.59 Å². The van der Waals surface area contributed by atoms with E-state index in [1.165, 1.54) is 4.90 Å². The van der Waals surface area contributed by atoms with Crippen molar-refractivity contribution in [2.24, 2.45) is 11.8 Å². The van der Waals surface area contributed by atoms with Crippen molar-refractivity contribution >= 4 is 41.5 Å². The molecular weight excluding hydrogens is 714 g/mol. The molecule has 1 unspecified atom stereocenters. The SMILES string of the molecule is O=C(Cl)OCc1ccccc1.O=C(O)[C@H]1CCCN(C(=O)OCc2ccccc2)C1.O=C(O)[C@H]1CCCNC1.O=CO[O-].OC1CCCO1.[H-].[Na+].[Na+]. The number of amides is 1. The molecule has 18 heteroatoms. The Kier molecular flexibility index (Phi) is 32.3. The fourth-order valence-electron chi connectivity index (χ4n) is 4.49. The first kappa shape index (κ1) is 50.8. The quantitative estimate of drug-likeness (QED) is 0.0750. The summed E-state index contributed by atoms with van der Waals surface area (Å²) >= 11 is 4.97. The van der Waals surface area contributed by atoms with Gasteiger partial charge < -0.3 is 51.3 Å². The van der Waals surface area contributed by atoms with Gasteiger partial charge in [0.2, 0.25) is 0 Å². The molecule has 0 spiro atoms. The number of carbonyl (C=O) groups is 5. The second-order valence-corrected chi connectivity index (χ2v) is 11.0. The van der Waals surface area contributed by atoms with Crippen LogP contribution in [0.3, 0.4) is 0 Å². The number of hydrogen-bond acceptors (Lipinski definition) is 12. The van der Waals surface area contributed by atoms with E-state index in [2.05, 4.69) is 14.9 Å². The Hall–Kier alpha value is -2.28. The number of carbonyl (C=O) groups excluding carboxylic acids is 3. The van der Waals surface area contributed by atoms with Gasteiger partial charge in [-0.2, -0.15) is 0 Å². The number of likely N-dealkylation sites (tertiary alicyclic amines) is 1. The third-order valence-electron chi connectivity index (χ3n) is 7.02. The number of rotatable bonds is 7. The van der Waals surface area contributed by atoms with Gasteiger partial charge >= 0.3 is 82.6 Å². The van der Waals surface area contributed by atoms with E-state index in [4.69, 9.17) is 46.4 Å². The Morgan fingerprint density at radius 1 is 0.882 bits per heavy atom. The average molecular weight is 759 g/mol. The predicted molar refractivity (Wildman–Crippen MR) is 174 cm³/mol. The first-order valence-corrected chi connectivity index (χ1v) is 15.9. The largest absolute Gasteiger partial charge is 1.00 e. The normalized spacial score (nSPS) is 18.4. The maximum Gasteiger partial charge on any atom is 1.00 e. The van der Waals surface area contributed by atoms with Crippen LogP contribution in [-0.2, 0) is 46.7 Å². The van der Waals surface area contributed by atoms with Crippen LogP contribution in [0, 0.1) is 11.8 Å². The number of aliphatic hydroxyl groups is 1. The summed E-state index contributed by atoms with van der Waals surface area (Å²) in [6, 6.07) is 18.8. The summed E-state index contributed by atoms with van der Waals surface area (Å²) in [6.45, 7) is 3.44. The molecule has 5 rings (SSSR count). The number of hydrogen-bond donors (Lipinski definition) is 4. The van der Waals surface area contributed by atoms with E-state index in [9.17, 15) is 19.2 Å². The maximum atomic E-state index is 11.9. The van der Waals surface area contributed by atoms with Gasteiger partial charge in [0.1, 0.15) is 13.2 Å². The van der Waals surface area contributed by atoms with Gasteiger partial charge in [0, 0.05) is 44.3 Å². The van der Waals surface area contributed by atoms with E-state index < -0.39 is 35.7 Å². The zero-order valence-electron chi connectivity index (χ0n) is 30.0. The fraction of sp³-hybridized carbons (Fsp3) is 0.485. The second-order valence-electron chi connectivity index (χ2n) is 10.7. The molecule has 3 atom stereocenters. The first-order valence-electron chi connectivity index (χ1n) is 15.6. The molecule has 3 aliphatic rings. The summed E-state index contributed by atoms with van der Waals surface area (Å²) in [7, 11) is 0.